The molecule has 0 aromatic heterocycles. The predicted molar refractivity (Wildman–Crippen MR) is 75.9 cm³/mol. The number of nitrogens with one attached hydrogen (secondary N) is 1. The maximum absolute atomic E-state index is 4.42. The molecule has 0 atom stereocenters. The van der Waals surface area contributed by atoms with Gasteiger partial charge in [-0.3, -0.25) is 9.91 Å². The minimum atomic E-state index is 0.980. The van der Waals surface area contributed by atoms with E-state index in [4.69, 9.17) is 0 Å². The van der Waals surface area contributed by atoms with Crippen molar-refractivity contribution in [3.05, 3.63) is 0 Å². The number of hydrogen-bond acceptors (Lipinski definition) is 5. The van der Waals surface area contributed by atoms with Crippen molar-refractivity contribution in [2.45, 2.75) is 19.3 Å². The van der Waals surface area contributed by atoms with E-state index >= 15 is 0 Å². The minimum Gasteiger partial charge on any atom is -0.314 e. The first-order valence-electron chi connectivity index (χ1n) is 7.23. The molecule has 1 N–H and O–H groups in total. The van der Waals surface area contributed by atoms with Gasteiger partial charge in [0.1, 0.15) is 0 Å². The number of nitrogens with zero attached hydrogens (tertiary/aromatic N) is 4. The predicted octanol–water partition coefficient (Wildman–Crippen LogP) is 0.253. The molecule has 0 saturated carbocycles. The summed E-state index contributed by atoms with van der Waals surface area (Å²) in [6.45, 7) is 9.10. The molecule has 2 aliphatic rings. The van der Waals surface area contributed by atoms with Crippen molar-refractivity contribution in [3.8, 4) is 0 Å². The van der Waals surface area contributed by atoms with Gasteiger partial charge in [0.2, 0.25) is 0 Å². The van der Waals surface area contributed by atoms with E-state index in [9.17, 15) is 0 Å². The Morgan fingerprint density at radius 3 is 2.67 bits per heavy atom. The maximum Gasteiger partial charge on any atom is 0.0880 e. The molecule has 0 aliphatic carbocycles. The number of piperazine rings is 1. The molecule has 0 unspecified atom stereocenters. The Morgan fingerprint density at radius 1 is 1.11 bits per heavy atom. The van der Waals surface area contributed by atoms with E-state index in [-0.39, 0.29) is 0 Å². The number of rotatable bonds is 6. The summed E-state index contributed by atoms with van der Waals surface area (Å²) in [6, 6.07) is 0. The van der Waals surface area contributed by atoms with Crippen LogP contribution in [0.1, 0.15) is 19.3 Å². The molecule has 0 amide bonds. The molecule has 5 nitrogen and oxygen atoms in total. The van der Waals surface area contributed by atoms with Gasteiger partial charge in [0, 0.05) is 45.5 Å². The fourth-order valence-corrected chi connectivity index (χ4v) is 2.53. The van der Waals surface area contributed by atoms with E-state index in [2.05, 4.69) is 32.3 Å². The third kappa shape index (κ3) is 4.92. The van der Waals surface area contributed by atoms with Crippen molar-refractivity contribution in [1.82, 2.24) is 20.1 Å². The van der Waals surface area contributed by atoms with Crippen LogP contribution < -0.4 is 5.32 Å². The van der Waals surface area contributed by atoms with Crippen molar-refractivity contribution in [1.29, 1.82) is 0 Å². The van der Waals surface area contributed by atoms with Crippen LogP contribution in [0.25, 0.3) is 0 Å². The van der Waals surface area contributed by atoms with Crippen LogP contribution >= 0.6 is 0 Å². The molecule has 2 heterocycles. The normalized spacial score (nSPS) is 22.6. The van der Waals surface area contributed by atoms with Crippen LogP contribution in [0, 0.1) is 0 Å². The Hall–Kier alpha value is -0.650. The molecule has 1 fully saturated rings. The Morgan fingerprint density at radius 2 is 1.89 bits per heavy atom. The molecule has 2 aliphatic heterocycles. The Labute approximate surface area is 111 Å². The van der Waals surface area contributed by atoms with Gasteiger partial charge in [0.05, 0.1) is 6.67 Å². The van der Waals surface area contributed by atoms with E-state index < -0.39 is 0 Å². The molecule has 0 aromatic rings. The summed E-state index contributed by atoms with van der Waals surface area (Å²) in [5, 5.41) is 9.98. The third-order valence-corrected chi connectivity index (χ3v) is 3.64. The van der Waals surface area contributed by atoms with Crippen molar-refractivity contribution in [3.63, 3.8) is 0 Å². The number of hydrazone groups is 1. The summed E-state index contributed by atoms with van der Waals surface area (Å²) in [6.07, 6.45) is 5.91. The first-order chi connectivity index (χ1) is 8.84. The van der Waals surface area contributed by atoms with Crippen molar-refractivity contribution >= 4 is 6.21 Å². The zero-order valence-electron chi connectivity index (χ0n) is 11.6. The lowest BCUT2D eigenvalue weighted by molar-refractivity contribution is 0.155. The number of unbranched alkanes of at least 4 members (excludes halogenated alkanes) is 2. The first-order valence-corrected chi connectivity index (χ1v) is 7.23. The van der Waals surface area contributed by atoms with Crippen LogP contribution in [0.2, 0.25) is 0 Å². The zero-order valence-corrected chi connectivity index (χ0v) is 11.6. The quantitative estimate of drug-likeness (QED) is 0.688. The van der Waals surface area contributed by atoms with Gasteiger partial charge in [0.25, 0.3) is 0 Å². The second-order valence-electron chi connectivity index (χ2n) is 5.36. The SMILES string of the molecule is CN1CC=NN(CCCCCN2CCNCC2)C1. The lowest BCUT2D eigenvalue weighted by atomic mass is 10.2. The van der Waals surface area contributed by atoms with Crippen LogP contribution in [-0.2, 0) is 0 Å². The lowest BCUT2D eigenvalue weighted by Crippen LogP contribution is -2.43. The standard InChI is InChI=1S/C13H27N5/c1-16-10-7-15-18(13-16)9-4-2-3-8-17-11-5-14-6-12-17/h7,14H,2-6,8-13H2,1H3. The average molecular weight is 253 g/mol. The summed E-state index contributed by atoms with van der Waals surface area (Å²) in [5.74, 6) is 0. The van der Waals surface area contributed by atoms with Crippen LogP contribution in [0.4, 0.5) is 0 Å². The van der Waals surface area contributed by atoms with E-state index in [1.807, 2.05) is 6.21 Å². The topological polar surface area (TPSA) is 34.1 Å². The fourth-order valence-electron chi connectivity index (χ4n) is 2.53. The molecular weight excluding hydrogens is 226 g/mol. The molecular formula is C13H27N5. The van der Waals surface area contributed by atoms with Gasteiger partial charge in [-0.2, -0.15) is 5.10 Å². The first kappa shape index (κ1) is 13.8. The molecule has 1 saturated heterocycles. The lowest BCUT2D eigenvalue weighted by Gasteiger charge is -2.29. The van der Waals surface area contributed by atoms with E-state index in [1.54, 1.807) is 0 Å². The molecule has 0 radical (unpaired) electrons. The van der Waals surface area contributed by atoms with Gasteiger partial charge in [-0.25, -0.2) is 0 Å². The Balaban J connectivity index is 1.48. The molecule has 0 bridgehead atoms. The van der Waals surface area contributed by atoms with Crippen molar-refractivity contribution in [2.75, 3.05) is 59.5 Å². The van der Waals surface area contributed by atoms with Crippen molar-refractivity contribution in [2.24, 2.45) is 5.10 Å². The highest BCUT2D eigenvalue weighted by atomic mass is 15.5. The molecule has 18 heavy (non-hydrogen) atoms. The highest BCUT2D eigenvalue weighted by molar-refractivity contribution is 5.59. The van der Waals surface area contributed by atoms with E-state index in [0.717, 1.165) is 32.8 Å². The maximum atomic E-state index is 4.42. The van der Waals surface area contributed by atoms with Crippen LogP contribution in [-0.4, -0.2) is 80.6 Å². The van der Waals surface area contributed by atoms with Crippen LogP contribution in [0.15, 0.2) is 5.10 Å². The van der Waals surface area contributed by atoms with Crippen LogP contribution in [0.5, 0.6) is 0 Å². The second kappa shape index (κ2) is 7.71. The second-order valence-corrected chi connectivity index (χ2v) is 5.36. The van der Waals surface area contributed by atoms with Gasteiger partial charge in [0.15, 0.2) is 0 Å². The number of hydrogen-bond donors (Lipinski definition) is 1. The summed E-state index contributed by atoms with van der Waals surface area (Å²) in [4.78, 5) is 4.86. The summed E-state index contributed by atoms with van der Waals surface area (Å²) >= 11 is 0. The average Bonchev–Trinajstić information content (AvgIpc) is 2.40. The van der Waals surface area contributed by atoms with Crippen LogP contribution in [0.3, 0.4) is 0 Å². The Kier molecular flexibility index (Phi) is 5.90. The smallest absolute Gasteiger partial charge is 0.0880 e. The fraction of sp³-hybridized carbons (Fsp3) is 0.923. The van der Waals surface area contributed by atoms with Gasteiger partial charge >= 0.3 is 0 Å². The monoisotopic (exact) mass is 253 g/mol. The van der Waals surface area contributed by atoms with Gasteiger partial charge < -0.3 is 10.2 Å². The molecule has 2 rings (SSSR count). The molecule has 5 heteroatoms. The zero-order chi connectivity index (χ0) is 12.6. The largest absolute Gasteiger partial charge is 0.314 e. The third-order valence-electron chi connectivity index (χ3n) is 3.64. The highest BCUT2D eigenvalue weighted by Crippen LogP contribution is 2.04. The van der Waals surface area contributed by atoms with E-state index in [1.165, 1.54) is 38.9 Å². The minimum absolute atomic E-state index is 0.980. The van der Waals surface area contributed by atoms with E-state index in [0.29, 0.717) is 0 Å². The highest BCUT2D eigenvalue weighted by Gasteiger charge is 2.10. The van der Waals surface area contributed by atoms with Gasteiger partial charge in [-0.05, 0) is 26.4 Å². The van der Waals surface area contributed by atoms with Gasteiger partial charge in [-0.15, -0.1) is 0 Å². The molecule has 0 aromatic carbocycles. The van der Waals surface area contributed by atoms with Gasteiger partial charge in [-0.1, -0.05) is 6.42 Å². The van der Waals surface area contributed by atoms with Crippen molar-refractivity contribution < 1.29 is 0 Å². The summed E-state index contributed by atoms with van der Waals surface area (Å²) in [7, 11) is 2.14. The molecule has 0 spiro atoms. The molecule has 104 valence electrons. The Bertz CT molecular complexity index is 250. The summed E-state index contributed by atoms with van der Waals surface area (Å²) in [5.41, 5.74) is 0. The summed E-state index contributed by atoms with van der Waals surface area (Å²) < 4.78 is 0.